The van der Waals surface area contributed by atoms with Crippen LogP contribution in [0.3, 0.4) is 0 Å². The molecular weight excluding hydrogens is 286 g/mol. The van der Waals surface area contributed by atoms with Crippen LogP contribution >= 0.6 is 23.5 Å². The van der Waals surface area contributed by atoms with Gasteiger partial charge in [-0.15, -0.1) is 11.8 Å². The average molecular weight is 312 g/mol. The Balaban J connectivity index is 2.39. The predicted octanol–water partition coefficient (Wildman–Crippen LogP) is 4.25. The first-order chi connectivity index (χ1) is 9.58. The number of anilines is 1. The van der Waals surface area contributed by atoms with Crippen LogP contribution in [-0.2, 0) is 0 Å². The molecule has 5 heteroatoms. The van der Waals surface area contributed by atoms with E-state index >= 15 is 0 Å². The molecule has 0 spiro atoms. The quantitative estimate of drug-likeness (QED) is 0.900. The molecule has 0 amide bonds. The minimum absolute atomic E-state index is 0.436. The number of thioether (sulfide) groups is 2. The molecule has 1 aromatic rings. The molecule has 1 fully saturated rings. The van der Waals surface area contributed by atoms with Gasteiger partial charge in [-0.2, -0.15) is 11.8 Å². The second-order valence-electron chi connectivity index (χ2n) is 5.44. The molecule has 0 radical (unpaired) electrons. The van der Waals surface area contributed by atoms with Crippen LogP contribution in [0.4, 0.5) is 5.82 Å². The topological polar surface area (TPSA) is 37.8 Å². The molecule has 3 nitrogen and oxygen atoms in total. The van der Waals surface area contributed by atoms with Crippen molar-refractivity contribution in [3.8, 4) is 0 Å². The predicted molar refractivity (Wildman–Crippen MR) is 92.1 cm³/mol. The highest BCUT2D eigenvalue weighted by molar-refractivity contribution is 8.06. The molecule has 2 rings (SSSR count). The maximum absolute atomic E-state index is 4.84. The van der Waals surface area contributed by atoms with E-state index in [9.17, 15) is 0 Å². The fourth-order valence-corrected chi connectivity index (χ4v) is 5.75. The minimum atomic E-state index is 0.436. The van der Waals surface area contributed by atoms with Gasteiger partial charge in [0.2, 0.25) is 0 Å². The zero-order valence-electron chi connectivity index (χ0n) is 13.1. The second-order valence-corrected chi connectivity index (χ2v) is 8.04. The highest BCUT2D eigenvalue weighted by Gasteiger charge is 2.30. The molecule has 2 unspecified atom stereocenters. The maximum atomic E-state index is 4.84. The summed E-state index contributed by atoms with van der Waals surface area (Å²) in [5.41, 5.74) is 2.37. The molecule has 2 atom stereocenters. The normalized spacial score (nSPS) is 23.1. The lowest BCUT2D eigenvalue weighted by molar-refractivity contribution is 0.733. The van der Waals surface area contributed by atoms with E-state index in [4.69, 9.17) is 9.97 Å². The van der Waals surface area contributed by atoms with Gasteiger partial charge in [-0.1, -0.05) is 20.8 Å². The van der Waals surface area contributed by atoms with Crippen molar-refractivity contribution in [1.29, 1.82) is 0 Å². The second kappa shape index (κ2) is 7.03. The van der Waals surface area contributed by atoms with E-state index in [1.165, 1.54) is 23.5 Å². The summed E-state index contributed by atoms with van der Waals surface area (Å²) >= 11 is 4.09. The molecule has 1 N–H and O–H groups in total. The average Bonchev–Trinajstić information content (AvgIpc) is 2.45. The highest BCUT2D eigenvalue weighted by Crippen LogP contribution is 2.43. The Kier molecular flexibility index (Phi) is 5.61. The summed E-state index contributed by atoms with van der Waals surface area (Å²) in [6, 6.07) is 0. The maximum Gasteiger partial charge on any atom is 0.145 e. The Morgan fingerprint density at radius 3 is 2.55 bits per heavy atom. The van der Waals surface area contributed by atoms with Gasteiger partial charge in [-0.05, 0) is 19.3 Å². The summed E-state index contributed by atoms with van der Waals surface area (Å²) in [7, 11) is 1.96. The molecule has 112 valence electrons. The summed E-state index contributed by atoms with van der Waals surface area (Å²) in [6.07, 6.45) is 1.19. The summed E-state index contributed by atoms with van der Waals surface area (Å²) in [4.78, 5) is 9.68. The number of nitrogens with zero attached hydrogens (tertiary/aromatic N) is 2. The van der Waals surface area contributed by atoms with Crippen LogP contribution in [0.25, 0.3) is 0 Å². The molecule has 1 saturated heterocycles. The van der Waals surface area contributed by atoms with E-state index in [-0.39, 0.29) is 0 Å². The van der Waals surface area contributed by atoms with Crippen LogP contribution in [0.15, 0.2) is 0 Å². The first-order valence-electron chi connectivity index (χ1n) is 7.37. The molecule has 0 aliphatic carbocycles. The van der Waals surface area contributed by atoms with Gasteiger partial charge in [0.1, 0.15) is 11.6 Å². The lowest BCUT2D eigenvalue weighted by Crippen LogP contribution is -2.21. The third kappa shape index (κ3) is 3.25. The molecule has 1 aromatic heterocycles. The standard InChI is InChI=1S/C15H25N3S2/c1-6-11-13(20-8-7-19-11)15-17-10(4)12(9(2)3)14(16-5)18-15/h9,11,13H,6-8H2,1-5H3,(H,16,17,18). The van der Waals surface area contributed by atoms with Gasteiger partial charge in [-0.25, -0.2) is 9.97 Å². The number of hydrogen-bond acceptors (Lipinski definition) is 5. The van der Waals surface area contributed by atoms with Crippen molar-refractivity contribution in [2.75, 3.05) is 23.9 Å². The molecule has 0 saturated carbocycles. The largest absolute Gasteiger partial charge is 0.373 e. The summed E-state index contributed by atoms with van der Waals surface area (Å²) in [6.45, 7) is 8.78. The lowest BCUT2D eigenvalue weighted by Gasteiger charge is -2.29. The smallest absolute Gasteiger partial charge is 0.145 e. The fraction of sp³-hybridized carbons (Fsp3) is 0.733. The van der Waals surface area contributed by atoms with Gasteiger partial charge in [0.25, 0.3) is 0 Å². The highest BCUT2D eigenvalue weighted by atomic mass is 32.2. The van der Waals surface area contributed by atoms with E-state index < -0.39 is 0 Å². The van der Waals surface area contributed by atoms with Gasteiger partial charge in [-0.3, -0.25) is 0 Å². The fourth-order valence-electron chi connectivity index (χ4n) is 2.75. The van der Waals surface area contributed by atoms with Crippen molar-refractivity contribution in [2.24, 2.45) is 0 Å². The van der Waals surface area contributed by atoms with Crippen LogP contribution in [0.2, 0.25) is 0 Å². The van der Waals surface area contributed by atoms with Crippen molar-refractivity contribution in [2.45, 2.75) is 50.5 Å². The van der Waals surface area contributed by atoms with Crippen LogP contribution in [0, 0.1) is 6.92 Å². The number of aryl methyl sites for hydroxylation is 1. The summed E-state index contributed by atoms with van der Waals surface area (Å²) in [5.74, 6) is 4.92. The monoisotopic (exact) mass is 311 g/mol. The third-order valence-electron chi connectivity index (χ3n) is 3.67. The zero-order chi connectivity index (χ0) is 14.7. The Bertz CT molecular complexity index is 463. The van der Waals surface area contributed by atoms with Crippen molar-refractivity contribution in [1.82, 2.24) is 9.97 Å². The molecule has 0 aromatic carbocycles. The van der Waals surface area contributed by atoms with Crippen molar-refractivity contribution >= 4 is 29.3 Å². The van der Waals surface area contributed by atoms with Gasteiger partial charge in [0.05, 0.1) is 5.25 Å². The Hall–Kier alpha value is -0.420. The van der Waals surface area contributed by atoms with E-state index in [2.05, 4.69) is 44.8 Å². The zero-order valence-corrected chi connectivity index (χ0v) is 14.7. The number of nitrogens with one attached hydrogen (secondary N) is 1. The van der Waals surface area contributed by atoms with Gasteiger partial charge >= 0.3 is 0 Å². The first kappa shape index (κ1) is 16.0. The van der Waals surface area contributed by atoms with Crippen molar-refractivity contribution in [3.05, 3.63) is 17.1 Å². The molecule has 0 bridgehead atoms. The third-order valence-corrected chi connectivity index (χ3v) is 6.92. The molecule has 1 aliphatic heterocycles. The van der Waals surface area contributed by atoms with Gasteiger partial charge in [0, 0.05) is 35.1 Å². The van der Waals surface area contributed by atoms with Gasteiger partial charge < -0.3 is 5.32 Å². The Morgan fingerprint density at radius 2 is 1.95 bits per heavy atom. The van der Waals surface area contributed by atoms with Crippen LogP contribution in [-0.4, -0.2) is 33.8 Å². The SMILES string of the molecule is CCC1SCCSC1c1nc(C)c(C(C)C)c(NC)n1. The molecule has 2 heterocycles. The molecule has 1 aliphatic rings. The minimum Gasteiger partial charge on any atom is -0.373 e. The number of aromatic nitrogens is 2. The van der Waals surface area contributed by atoms with Crippen molar-refractivity contribution in [3.63, 3.8) is 0 Å². The Morgan fingerprint density at radius 1 is 1.25 bits per heavy atom. The lowest BCUT2D eigenvalue weighted by atomic mass is 10.0. The van der Waals surface area contributed by atoms with Crippen molar-refractivity contribution < 1.29 is 0 Å². The first-order valence-corrected chi connectivity index (χ1v) is 9.47. The Labute approximate surface area is 131 Å². The summed E-state index contributed by atoms with van der Waals surface area (Å²) in [5, 5.41) is 4.34. The molecular formula is C15H25N3S2. The van der Waals surface area contributed by atoms with E-state index in [1.807, 2.05) is 18.8 Å². The van der Waals surface area contributed by atoms with E-state index in [0.717, 1.165) is 17.3 Å². The van der Waals surface area contributed by atoms with Crippen LogP contribution in [0.5, 0.6) is 0 Å². The van der Waals surface area contributed by atoms with E-state index in [1.54, 1.807) is 0 Å². The number of hydrogen-bond donors (Lipinski definition) is 1. The summed E-state index contributed by atoms with van der Waals surface area (Å²) < 4.78 is 0. The number of rotatable bonds is 4. The van der Waals surface area contributed by atoms with Crippen LogP contribution < -0.4 is 5.32 Å². The van der Waals surface area contributed by atoms with Crippen LogP contribution in [0.1, 0.15) is 55.4 Å². The van der Waals surface area contributed by atoms with Gasteiger partial charge in [0.15, 0.2) is 0 Å². The molecule has 20 heavy (non-hydrogen) atoms. The van der Waals surface area contributed by atoms with E-state index in [0.29, 0.717) is 16.4 Å².